The summed E-state index contributed by atoms with van der Waals surface area (Å²) in [4.78, 5) is 17.9. The van der Waals surface area contributed by atoms with Crippen LogP contribution in [0.15, 0.2) is 83.8 Å². The smallest absolute Gasteiger partial charge is 0.422 e. The number of alkyl halides is 3. The predicted molar refractivity (Wildman–Crippen MR) is 125 cm³/mol. The first-order valence-corrected chi connectivity index (χ1v) is 11.3. The number of nitrogens with zero attached hydrogens (tertiary/aromatic N) is 1. The molecule has 1 atom stereocenters. The molecule has 0 saturated heterocycles. The number of aromatic nitrogens is 1. The van der Waals surface area contributed by atoms with Gasteiger partial charge in [0, 0.05) is 11.1 Å². The number of para-hydroxylation sites is 1. The maximum atomic E-state index is 13.1. The van der Waals surface area contributed by atoms with Gasteiger partial charge in [0.15, 0.2) is 6.61 Å². The van der Waals surface area contributed by atoms with Crippen LogP contribution in [0, 0.1) is 0 Å². The fourth-order valence-corrected chi connectivity index (χ4v) is 3.57. The Morgan fingerprint density at radius 3 is 2.40 bits per heavy atom. The van der Waals surface area contributed by atoms with Crippen LogP contribution >= 0.6 is 0 Å². The van der Waals surface area contributed by atoms with E-state index >= 15 is 0 Å². The maximum absolute atomic E-state index is 13.1. The molecule has 3 aromatic carbocycles. The number of rotatable bonds is 7. The van der Waals surface area contributed by atoms with E-state index in [2.05, 4.69) is 10.3 Å². The van der Waals surface area contributed by atoms with Crippen LogP contribution in [0.4, 0.5) is 18.9 Å². The van der Waals surface area contributed by atoms with E-state index in [9.17, 15) is 22.2 Å². The Morgan fingerprint density at radius 1 is 0.971 bits per heavy atom. The SMILES string of the molecule is NS(=O)c1cccc(NC(=O)c2cc3ccccc3nc2Oc2ccc(OCC(F)(F)F)cc2)c1. The van der Waals surface area contributed by atoms with Gasteiger partial charge in [0.05, 0.1) is 10.4 Å². The first-order chi connectivity index (χ1) is 16.7. The van der Waals surface area contributed by atoms with E-state index in [-0.39, 0.29) is 22.9 Å². The summed E-state index contributed by atoms with van der Waals surface area (Å²) < 4.78 is 59.1. The van der Waals surface area contributed by atoms with Crippen molar-refractivity contribution in [1.29, 1.82) is 0 Å². The molecule has 1 aromatic heterocycles. The number of hydrogen-bond donors (Lipinski definition) is 2. The van der Waals surface area contributed by atoms with Gasteiger partial charge in [0.2, 0.25) is 5.88 Å². The molecule has 0 fully saturated rings. The van der Waals surface area contributed by atoms with Crippen LogP contribution in [0.3, 0.4) is 0 Å². The lowest BCUT2D eigenvalue weighted by Gasteiger charge is -2.13. The van der Waals surface area contributed by atoms with Gasteiger partial charge in [-0.15, -0.1) is 0 Å². The molecular formula is C24H18F3N3O4S. The summed E-state index contributed by atoms with van der Waals surface area (Å²) in [5.74, 6) is -0.301. The topological polar surface area (TPSA) is 104 Å². The van der Waals surface area contributed by atoms with Crippen molar-refractivity contribution in [2.45, 2.75) is 11.1 Å². The number of amides is 1. The summed E-state index contributed by atoms with van der Waals surface area (Å²) in [6.45, 7) is -1.41. The van der Waals surface area contributed by atoms with Crippen LogP contribution in [0.2, 0.25) is 0 Å². The molecule has 0 spiro atoms. The molecule has 0 aliphatic rings. The second-order valence-corrected chi connectivity index (χ2v) is 8.36. The van der Waals surface area contributed by atoms with Crippen molar-refractivity contribution in [2.24, 2.45) is 5.14 Å². The van der Waals surface area contributed by atoms with Crippen molar-refractivity contribution in [1.82, 2.24) is 4.98 Å². The minimum atomic E-state index is -4.45. The first-order valence-electron chi connectivity index (χ1n) is 10.1. The molecule has 0 aliphatic carbocycles. The van der Waals surface area contributed by atoms with Crippen molar-refractivity contribution in [3.63, 3.8) is 0 Å². The standard InChI is InChI=1S/C24H18F3N3O4S/c25-24(26,27)14-33-17-8-10-18(11-9-17)34-23-20(12-15-4-1-2-7-21(15)30-23)22(31)29-16-5-3-6-19(13-16)35(28)32/h1-13H,14,28H2,(H,29,31). The molecule has 4 rings (SSSR count). The van der Waals surface area contributed by atoms with Crippen molar-refractivity contribution in [3.8, 4) is 17.4 Å². The third-order valence-corrected chi connectivity index (χ3v) is 5.42. The maximum Gasteiger partial charge on any atom is 0.422 e. The van der Waals surface area contributed by atoms with Crippen molar-refractivity contribution in [2.75, 3.05) is 11.9 Å². The number of halogens is 3. The monoisotopic (exact) mass is 501 g/mol. The molecule has 3 N–H and O–H groups in total. The van der Waals surface area contributed by atoms with Crippen LogP contribution < -0.4 is 19.9 Å². The second kappa shape index (κ2) is 10.1. The van der Waals surface area contributed by atoms with Crippen molar-refractivity contribution >= 4 is 33.5 Å². The van der Waals surface area contributed by atoms with Gasteiger partial charge in [0.1, 0.15) is 28.0 Å². The average Bonchev–Trinajstić information content (AvgIpc) is 2.83. The van der Waals surface area contributed by atoms with E-state index in [1.54, 1.807) is 48.5 Å². The lowest BCUT2D eigenvalue weighted by molar-refractivity contribution is -0.153. The normalized spacial score (nSPS) is 12.2. The Kier molecular flexibility index (Phi) is 6.99. The summed E-state index contributed by atoms with van der Waals surface area (Å²) in [7, 11) is -1.72. The van der Waals surface area contributed by atoms with Gasteiger partial charge in [-0.3, -0.25) is 4.79 Å². The van der Waals surface area contributed by atoms with Crippen LogP contribution in [0.25, 0.3) is 10.9 Å². The van der Waals surface area contributed by atoms with Gasteiger partial charge in [-0.2, -0.15) is 13.2 Å². The Labute approximate surface area is 200 Å². The number of hydrogen-bond acceptors (Lipinski definition) is 5. The highest BCUT2D eigenvalue weighted by Gasteiger charge is 2.28. The molecule has 0 aliphatic heterocycles. The van der Waals surface area contributed by atoms with Crippen LogP contribution in [-0.2, 0) is 11.0 Å². The summed E-state index contributed by atoms with van der Waals surface area (Å²) >= 11 is 0. The molecular weight excluding hydrogens is 483 g/mol. The average molecular weight is 501 g/mol. The lowest BCUT2D eigenvalue weighted by Crippen LogP contribution is -2.19. The largest absolute Gasteiger partial charge is 0.484 e. The highest BCUT2D eigenvalue weighted by atomic mass is 32.2. The zero-order valence-corrected chi connectivity index (χ0v) is 18.7. The number of benzene rings is 3. The number of nitrogens with two attached hydrogens (primary N) is 1. The molecule has 4 aromatic rings. The van der Waals surface area contributed by atoms with E-state index < -0.39 is 29.7 Å². The van der Waals surface area contributed by atoms with Crippen molar-refractivity contribution < 1.29 is 31.6 Å². The van der Waals surface area contributed by atoms with Gasteiger partial charge in [-0.1, -0.05) is 24.3 Å². The van der Waals surface area contributed by atoms with E-state index in [0.717, 1.165) is 0 Å². The predicted octanol–water partition coefficient (Wildman–Crippen LogP) is 5.20. The minimum absolute atomic E-state index is 0.0104. The Hall–Kier alpha value is -3.96. The fourth-order valence-electron chi connectivity index (χ4n) is 3.12. The first kappa shape index (κ1) is 24.2. The lowest BCUT2D eigenvalue weighted by atomic mass is 10.1. The number of carbonyl (C=O) groups is 1. The Balaban J connectivity index is 1.61. The van der Waals surface area contributed by atoms with Crippen molar-refractivity contribution in [3.05, 3.63) is 84.4 Å². The van der Waals surface area contributed by atoms with Gasteiger partial charge >= 0.3 is 6.18 Å². The molecule has 180 valence electrons. The number of carbonyl (C=O) groups excluding carboxylic acids is 1. The number of nitrogens with one attached hydrogen (secondary N) is 1. The fraction of sp³-hybridized carbons (Fsp3) is 0.0833. The quantitative estimate of drug-likeness (QED) is 0.362. The molecule has 1 amide bonds. The molecule has 0 saturated carbocycles. The number of pyridine rings is 1. The minimum Gasteiger partial charge on any atom is -0.484 e. The van der Waals surface area contributed by atoms with Crippen LogP contribution in [-0.4, -0.2) is 27.9 Å². The highest BCUT2D eigenvalue weighted by molar-refractivity contribution is 7.82. The van der Waals surface area contributed by atoms with Gasteiger partial charge < -0.3 is 14.8 Å². The summed E-state index contributed by atoms with van der Waals surface area (Å²) in [5.41, 5.74) is 1.06. The van der Waals surface area contributed by atoms with Gasteiger partial charge in [-0.05, 0) is 54.6 Å². The number of ether oxygens (including phenoxy) is 2. The van der Waals surface area contributed by atoms with Crippen LogP contribution in [0.1, 0.15) is 10.4 Å². The zero-order chi connectivity index (χ0) is 25.0. The van der Waals surface area contributed by atoms with E-state index in [1.807, 2.05) is 0 Å². The number of fused-ring (bicyclic) bond motifs is 1. The number of anilines is 1. The second-order valence-electron chi connectivity index (χ2n) is 7.29. The summed E-state index contributed by atoms with van der Waals surface area (Å²) in [6.07, 6.45) is -4.45. The van der Waals surface area contributed by atoms with E-state index in [0.29, 0.717) is 21.5 Å². The van der Waals surface area contributed by atoms with E-state index in [1.165, 1.54) is 30.3 Å². The Bertz CT molecular complexity index is 1400. The molecule has 7 nitrogen and oxygen atoms in total. The highest BCUT2D eigenvalue weighted by Crippen LogP contribution is 2.29. The third-order valence-electron chi connectivity index (χ3n) is 4.70. The van der Waals surface area contributed by atoms with Crippen LogP contribution in [0.5, 0.6) is 17.4 Å². The summed E-state index contributed by atoms with van der Waals surface area (Å²) in [5, 5.41) is 8.81. The molecule has 1 unspecified atom stereocenters. The Morgan fingerprint density at radius 2 is 1.69 bits per heavy atom. The molecule has 11 heteroatoms. The van der Waals surface area contributed by atoms with E-state index in [4.69, 9.17) is 14.6 Å². The molecule has 35 heavy (non-hydrogen) atoms. The molecule has 1 heterocycles. The van der Waals surface area contributed by atoms with Gasteiger partial charge in [-0.25, -0.2) is 14.3 Å². The molecule has 0 radical (unpaired) electrons. The zero-order valence-electron chi connectivity index (χ0n) is 17.9. The third kappa shape index (κ3) is 6.34. The molecule has 0 bridgehead atoms. The summed E-state index contributed by atoms with van der Waals surface area (Å²) in [6, 6.07) is 20.5. The van der Waals surface area contributed by atoms with Gasteiger partial charge in [0.25, 0.3) is 5.91 Å².